The number of carbonyl (C=O) groups is 2. The van der Waals surface area contributed by atoms with Gasteiger partial charge in [0.2, 0.25) is 0 Å². The van der Waals surface area contributed by atoms with Crippen LogP contribution in [0.25, 0.3) is 16.9 Å². The molecule has 0 saturated carbocycles. The van der Waals surface area contributed by atoms with Crippen LogP contribution >= 0.6 is 11.6 Å². The van der Waals surface area contributed by atoms with Crippen LogP contribution in [0.5, 0.6) is 0 Å². The number of aromatic nitrogens is 3. The molecule has 1 saturated heterocycles. The summed E-state index contributed by atoms with van der Waals surface area (Å²) in [5, 5.41) is 20.2. The van der Waals surface area contributed by atoms with Gasteiger partial charge in [-0.3, -0.25) is 14.6 Å². The van der Waals surface area contributed by atoms with Crippen molar-refractivity contribution in [2.24, 2.45) is 0 Å². The number of aliphatic hydroxyl groups excluding tert-OH is 1. The highest BCUT2D eigenvalue weighted by atomic mass is 35.5. The van der Waals surface area contributed by atoms with Gasteiger partial charge in [0.15, 0.2) is 5.69 Å². The highest BCUT2D eigenvalue weighted by Gasteiger charge is 2.27. The maximum absolute atomic E-state index is 14.3. The number of hydrogen-bond acceptors (Lipinski definition) is 6. The van der Waals surface area contributed by atoms with Crippen molar-refractivity contribution in [3.63, 3.8) is 0 Å². The number of aliphatic hydroxyl groups is 1. The van der Waals surface area contributed by atoms with E-state index in [2.05, 4.69) is 20.7 Å². The third-order valence-corrected chi connectivity index (χ3v) is 6.40. The Morgan fingerprint density at radius 1 is 1.08 bits per heavy atom. The van der Waals surface area contributed by atoms with Crippen LogP contribution in [0.4, 0.5) is 10.2 Å². The molecular formula is C27H23ClFN5O4. The quantitative estimate of drug-likeness (QED) is 0.345. The van der Waals surface area contributed by atoms with E-state index in [-0.39, 0.29) is 34.4 Å². The average Bonchev–Trinajstić information content (AvgIpc) is 3.35. The van der Waals surface area contributed by atoms with Gasteiger partial charge in [-0.15, -0.1) is 0 Å². The number of ether oxygens (including phenoxy) is 1. The first-order valence-electron chi connectivity index (χ1n) is 11.8. The van der Waals surface area contributed by atoms with Gasteiger partial charge in [-0.2, -0.15) is 5.10 Å². The molecule has 2 aromatic carbocycles. The topological polar surface area (TPSA) is 118 Å². The third-order valence-electron chi connectivity index (χ3n) is 6.07. The molecule has 0 unspecified atom stereocenters. The van der Waals surface area contributed by atoms with Gasteiger partial charge in [0.05, 0.1) is 35.0 Å². The highest BCUT2D eigenvalue weighted by Crippen LogP contribution is 2.27. The Kier molecular flexibility index (Phi) is 7.45. The third kappa shape index (κ3) is 5.42. The summed E-state index contributed by atoms with van der Waals surface area (Å²) < 4.78 is 20.9. The number of benzene rings is 2. The molecule has 0 spiro atoms. The van der Waals surface area contributed by atoms with E-state index in [4.69, 9.17) is 16.3 Å². The van der Waals surface area contributed by atoms with E-state index in [9.17, 15) is 19.1 Å². The fourth-order valence-corrected chi connectivity index (χ4v) is 4.31. The molecule has 9 nitrogen and oxygen atoms in total. The number of hydrogen-bond donors (Lipinski definition) is 3. The van der Waals surface area contributed by atoms with Crippen LogP contribution in [0.1, 0.15) is 27.3 Å². The highest BCUT2D eigenvalue weighted by molar-refractivity contribution is 6.34. The monoisotopic (exact) mass is 535 g/mol. The molecule has 4 aromatic rings. The van der Waals surface area contributed by atoms with Crippen LogP contribution in [0.15, 0.2) is 72.9 Å². The fourth-order valence-electron chi connectivity index (χ4n) is 4.11. The molecule has 2 atom stereocenters. The van der Waals surface area contributed by atoms with Crippen molar-refractivity contribution in [1.29, 1.82) is 0 Å². The Labute approximate surface area is 222 Å². The summed E-state index contributed by atoms with van der Waals surface area (Å²) in [6, 6.07) is 17.2. The molecule has 3 heterocycles. The molecule has 1 aliphatic heterocycles. The Morgan fingerprint density at radius 3 is 2.66 bits per heavy atom. The molecule has 2 amide bonds. The van der Waals surface area contributed by atoms with E-state index in [1.165, 1.54) is 41.2 Å². The summed E-state index contributed by atoms with van der Waals surface area (Å²) in [6.45, 7) is 0.553. The maximum Gasteiger partial charge on any atom is 0.272 e. The molecule has 2 aromatic heterocycles. The zero-order chi connectivity index (χ0) is 26.6. The maximum atomic E-state index is 14.3. The minimum absolute atomic E-state index is 0.0400. The summed E-state index contributed by atoms with van der Waals surface area (Å²) in [4.78, 5) is 30.4. The molecule has 3 N–H and O–H groups in total. The Morgan fingerprint density at radius 2 is 1.89 bits per heavy atom. The van der Waals surface area contributed by atoms with E-state index < -0.39 is 29.8 Å². The van der Waals surface area contributed by atoms with Gasteiger partial charge in [-0.1, -0.05) is 35.9 Å². The molecule has 11 heteroatoms. The Hall–Kier alpha value is -4.12. The van der Waals surface area contributed by atoms with Crippen molar-refractivity contribution in [3.8, 4) is 16.9 Å². The van der Waals surface area contributed by atoms with Crippen LogP contribution in [-0.2, 0) is 4.74 Å². The average molecular weight is 536 g/mol. The van der Waals surface area contributed by atoms with Gasteiger partial charge >= 0.3 is 0 Å². The number of rotatable bonds is 6. The summed E-state index contributed by atoms with van der Waals surface area (Å²) >= 11 is 6.32. The molecular weight excluding hydrogens is 513 g/mol. The van der Waals surface area contributed by atoms with Crippen molar-refractivity contribution < 1.29 is 23.8 Å². The van der Waals surface area contributed by atoms with E-state index in [1.807, 2.05) is 6.07 Å². The molecule has 0 radical (unpaired) electrons. The van der Waals surface area contributed by atoms with Crippen LogP contribution in [0, 0.1) is 5.82 Å². The second-order valence-electron chi connectivity index (χ2n) is 8.66. The smallest absolute Gasteiger partial charge is 0.272 e. The number of amides is 2. The van der Waals surface area contributed by atoms with E-state index >= 15 is 0 Å². The number of pyridine rings is 1. The Bertz CT molecular complexity index is 1480. The lowest BCUT2D eigenvalue weighted by Gasteiger charge is -2.28. The molecule has 1 fully saturated rings. The number of nitrogens with one attached hydrogen (secondary N) is 2. The van der Waals surface area contributed by atoms with Gasteiger partial charge in [-0.25, -0.2) is 9.07 Å². The number of para-hydroxylation sites is 1. The Balaban J connectivity index is 1.45. The molecule has 0 aliphatic carbocycles. The predicted molar refractivity (Wildman–Crippen MR) is 139 cm³/mol. The predicted octanol–water partition coefficient (Wildman–Crippen LogP) is 3.86. The van der Waals surface area contributed by atoms with Crippen LogP contribution in [-0.4, -0.2) is 57.0 Å². The van der Waals surface area contributed by atoms with Crippen molar-refractivity contribution >= 4 is 29.2 Å². The number of halogens is 2. The molecule has 1 aliphatic rings. The zero-order valence-corrected chi connectivity index (χ0v) is 20.7. The van der Waals surface area contributed by atoms with Crippen LogP contribution < -0.4 is 10.6 Å². The van der Waals surface area contributed by atoms with E-state index in [0.717, 1.165) is 0 Å². The van der Waals surface area contributed by atoms with Crippen molar-refractivity contribution in [2.45, 2.75) is 18.6 Å². The summed E-state index contributed by atoms with van der Waals surface area (Å²) in [6.07, 6.45) is 1.08. The van der Waals surface area contributed by atoms with Gasteiger partial charge in [0, 0.05) is 24.4 Å². The number of carbonyl (C=O) groups excluding carboxylic acids is 2. The minimum atomic E-state index is -0.832. The SMILES string of the molecule is O=C(N[C@H]1CCOC[C@@H]1O)c1cc(NC(=O)c2cc(-c3ncccc3F)ccc2Cl)n(-c2ccccc2)n1. The van der Waals surface area contributed by atoms with Crippen LogP contribution in [0.3, 0.4) is 0 Å². The van der Waals surface area contributed by atoms with Gasteiger partial charge in [0.25, 0.3) is 11.8 Å². The van der Waals surface area contributed by atoms with Gasteiger partial charge < -0.3 is 20.5 Å². The zero-order valence-electron chi connectivity index (χ0n) is 20.0. The second kappa shape index (κ2) is 11.1. The lowest BCUT2D eigenvalue weighted by atomic mass is 10.1. The van der Waals surface area contributed by atoms with Crippen molar-refractivity contribution in [2.75, 3.05) is 18.5 Å². The largest absolute Gasteiger partial charge is 0.389 e. The van der Waals surface area contributed by atoms with Crippen molar-refractivity contribution in [1.82, 2.24) is 20.1 Å². The second-order valence-corrected chi connectivity index (χ2v) is 9.06. The molecule has 38 heavy (non-hydrogen) atoms. The van der Waals surface area contributed by atoms with Crippen LogP contribution in [0.2, 0.25) is 5.02 Å². The minimum Gasteiger partial charge on any atom is -0.389 e. The normalized spacial score (nSPS) is 17.1. The first-order valence-corrected chi connectivity index (χ1v) is 12.2. The van der Waals surface area contributed by atoms with Gasteiger partial charge in [0.1, 0.15) is 17.3 Å². The molecule has 5 rings (SSSR count). The lowest BCUT2D eigenvalue weighted by molar-refractivity contribution is -0.0261. The van der Waals surface area contributed by atoms with Gasteiger partial charge in [-0.05, 0) is 42.8 Å². The first-order chi connectivity index (χ1) is 18.4. The number of anilines is 1. The summed E-state index contributed by atoms with van der Waals surface area (Å²) in [7, 11) is 0. The summed E-state index contributed by atoms with van der Waals surface area (Å²) in [5.41, 5.74) is 1.19. The fraction of sp³-hybridized carbons (Fsp3) is 0.185. The lowest BCUT2D eigenvalue weighted by Crippen LogP contribution is -2.48. The summed E-state index contributed by atoms with van der Waals surface area (Å²) in [5.74, 6) is -1.41. The number of nitrogens with zero attached hydrogens (tertiary/aromatic N) is 3. The molecule has 194 valence electrons. The van der Waals surface area contributed by atoms with E-state index in [0.29, 0.717) is 24.3 Å². The molecule has 0 bridgehead atoms. The first kappa shape index (κ1) is 25.5. The van der Waals surface area contributed by atoms with E-state index in [1.54, 1.807) is 30.3 Å². The standard InChI is InChI=1S/C27H23ClFN5O4/c28-19-9-8-16(25-20(29)7-4-11-30-25)13-18(19)26(36)32-24-14-22(33-34(24)17-5-2-1-3-6-17)27(37)31-21-10-12-38-15-23(21)35/h1-9,11,13-14,21,23,35H,10,12,15H2,(H,31,37)(H,32,36)/t21-,23-/m0/s1. The van der Waals surface area contributed by atoms with Crippen molar-refractivity contribution in [3.05, 3.63) is 95.0 Å².